The van der Waals surface area contributed by atoms with E-state index < -0.39 is 0 Å². The van der Waals surface area contributed by atoms with Gasteiger partial charge in [-0.25, -0.2) is 0 Å². The summed E-state index contributed by atoms with van der Waals surface area (Å²) in [5.41, 5.74) is 6.22. The Morgan fingerprint density at radius 3 is 1.50 bits per heavy atom. The fourth-order valence-corrected chi connectivity index (χ4v) is 4.59. The SMILES string of the molecule is CC1=C(CC(=O)CC2=C(C)CCCC2(C)C)C(C)(C)CCC1. The molecule has 0 saturated carbocycles. The molecular weight excluding hydrogens is 268 g/mol. The molecule has 0 aromatic rings. The van der Waals surface area contributed by atoms with E-state index in [1.54, 1.807) is 0 Å². The zero-order valence-corrected chi connectivity index (χ0v) is 15.6. The van der Waals surface area contributed by atoms with E-state index in [-0.39, 0.29) is 10.8 Å². The van der Waals surface area contributed by atoms with Crippen LogP contribution in [0.1, 0.15) is 92.9 Å². The first-order chi connectivity index (χ1) is 10.1. The monoisotopic (exact) mass is 302 g/mol. The molecule has 0 unspecified atom stereocenters. The van der Waals surface area contributed by atoms with E-state index in [9.17, 15) is 4.79 Å². The maximum absolute atomic E-state index is 12.8. The molecule has 0 amide bonds. The van der Waals surface area contributed by atoms with Gasteiger partial charge in [0.05, 0.1) is 0 Å². The molecular formula is C21H34O. The van der Waals surface area contributed by atoms with E-state index >= 15 is 0 Å². The number of hydrogen-bond donors (Lipinski definition) is 0. The molecule has 0 atom stereocenters. The molecule has 0 N–H and O–H groups in total. The molecule has 2 rings (SSSR count). The van der Waals surface area contributed by atoms with Gasteiger partial charge in [-0.05, 0) is 63.2 Å². The van der Waals surface area contributed by atoms with E-state index in [0.29, 0.717) is 18.6 Å². The smallest absolute Gasteiger partial charge is 0.141 e. The van der Waals surface area contributed by atoms with E-state index in [0.717, 1.165) is 0 Å². The van der Waals surface area contributed by atoms with Gasteiger partial charge in [0.25, 0.3) is 0 Å². The fraction of sp³-hybridized carbons (Fsp3) is 0.762. The summed E-state index contributed by atoms with van der Waals surface area (Å²) in [6.45, 7) is 13.7. The molecule has 2 aliphatic rings. The molecule has 0 spiro atoms. The summed E-state index contributed by atoms with van der Waals surface area (Å²) in [7, 11) is 0. The Hall–Kier alpha value is -0.850. The Morgan fingerprint density at radius 2 is 1.18 bits per heavy atom. The minimum atomic E-state index is 0.212. The van der Waals surface area contributed by atoms with Gasteiger partial charge in [-0.2, -0.15) is 0 Å². The van der Waals surface area contributed by atoms with Crippen LogP contribution in [0.3, 0.4) is 0 Å². The topological polar surface area (TPSA) is 17.1 Å². The van der Waals surface area contributed by atoms with Crippen LogP contribution in [-0.2, 0) is 4.79 Å². The van der Waals surface area contributed by atoms with Gasteiger partial charge in [0.2, 0.25) is 0 Å². The van der Waals surface area contributed by atoms with Crippen LogP contribution in [0.15, 0.2) is 22.3 Å². The summed E-state index contributed by atoms with van der Waals surface area (Å²) in [4.78, 5) is 12.8. The largest absolute Gasteiger partial charge is 0.299 e. The molecule has 0 radical (unpaired) electrons. The number of carbonyl (C=O) groups excluding carboxylic acids is 1. The van der Waals surface area contributed by atoms with Gasteiger partial charge in [-0.15, -0.1) is 0 Å². The Balaban J connectivity index is 2.13. The lowest BCUT2D eigenvalue weighted by Crippen LogP contribution is -2.25. The van der Waals surface area contributed by atoms with Gasteiger partial charge in [-0.3, -0.25) is 4.79 Å². The summed E-state index contributed by atoms with van der Waals surface area (Å²) in [5, 5.41) is 0. The van der Waals surface area contributed by atoms with Crippen LogP contribution < -0.4 is 0 Å². The van der Waals surface area contributed by atoms with Crippen molar-refractivity contribution in [1.29, 1.82) is 0 Å². The van der Waals surface area contributed by atoms with Gasteiger partial charge in [0.15, 0.2) is 0 Å². The van der Waals surface area contributed by atoms with Gasteiger partial charge in [0, 0.05) is 12.8 Å². The molecule has 0 aliphatic heterocycles. The zero-order valence-electron chi connectivity index (χ0n) is 15.6. The molecule has 0 heterocycles. The van der Waals surface area contributed by atoms with Crippen molar-refractivity contribution in [1.82, 2.24) is 0 Å². The van der Waals surface area contributed by atoms with Crippen LogP contribution >= 0.6 is 0 Å². The summed E-state index contributed by atoms with van der Waals surface area (Å²) in [6, 6.07) is 0. The number of ketones is 1. The second kappa shape index (κ2) is 6.34. The minimum absolute atomic E-state index is 0.212. The van der Waals surface area contributed by atoms with Crippen LogP contribution in [-0.4, -0.2) is 5.78 Å². The number of carbonyl (C=O) groups is 1. The van der Waals surface area contributed by atoms with Gasteiger partial charge >= 0.3 is 0 Å². The Morgan fingerprint density at radius 1 is 0.818 bits per heavy atom. The van der Waals surface area contributed by atoms with E-state index in [2.05, 4.69) is 41.5 Å². The molecule has 0 saturated heterocycles. The minimum Gasteiger partial charge on any atom is -0.299 e. The molecule has 22 heavy (non-hydrogen) atoms. The average molecular weight is 303 g/mol. The molecule has 0 aromatic heterocycles. The molecule has 1 nitrogen and oxygen atoms in total. The van der Waals surface area contributed by atoms with Crippen LogP contribution in [0.25, 0.3) is 0 Å². The third kappa shape index (κ3) is 3.73. The second-order valence-corrected chi connectivity index (χ2v) is 8.88. The highest BCUT2D eigenvalue weighted by molar-refractivity contribution is 5.84. The lowest BCUT2D eigenvalue weighted by molar-refractivity contribution is -0.118. The summed E-state index contributed by atoms with van der Waals surface area (Å²) >= 11 is 0. The average Bonchev–Trinajstić information content (AvgIpc) is 2.38. The van der Waals surface area contributed by atoms with E-state index in [1.807, 2.05) is 0 Å². The summed E-state index contributed by atoms with van der Waals surface area (Å²) < 4.78 is 0. The highest BCUT2D eigenvalue weighted by Crippen LogP contribution is 2.44. The van der Waals surface area contributed by atoms with Crippen LogP contribution in [0, 0.1) is 10.8 Å². The molecule has 0 bridgehead atoms. The van der Waals surface area contributed by atoms with Crippen molar-refractivity contribution in [2.45, 2.75) is 92.9 Å². The van der Waals surface area contributed by atoms with Crippen molar-refractivity contribution in [2.75, 3.05) is 0 Å². The predicted octanol–water partition coefficient (Wildman–Crippen LogP) is 6.39. The lowest BCUT2D eigenvalue weighted by atomic mass is 9.68. The maximum atomic E-state index is 12.8. The molecule has 1 heteroatoms. The lowest BCUT2D eigenvalue weighted by Gasteiger charge is -2.36. The van der Waals surface area contributed by atoms with Crippen LogP contribution in [0.4, 0.5) is 0 Å². The Kier molecular flexibility index (Phi) is 5.04. The highest BCUT2D eigenvalue weighted by atomic mass is 16.1. The van der Waals surface area contributed by atoms with E-state index in [1.165, 1.54) is 60.8 Å². The number of rotatable bonds is 4. The predicted molar refractivity (Wildman–Crippen MR) is 94.9 cm³/mol. The Labute approximate surface area is 137 Å². The molecule has 124 valence electrons. The molecule has 2 aliphatic carbocycles. The summed E-state index contributed by atoms with van der Waals surface area (Å²) in [6.07, 6.45) is 8.69. The first-order valence-electron chi connectivity index (χ1n) is 9.03. The normalized spacial score (nSPS) is 24.6. The van der Waals surface area contributed by atoms with Crippen molar-refractivity contribution in [3.8, 4) is 0 Å². The molecule has 0 fully saturated rings. The summed E-state index contributed by atoms with van der Waals surface area (Å²) in [5.74, 6) is 0.425. The molecule has 0 aromatic carbocycles. The first-order valence-corrected chi connectivity index (χ1v) is 9.03. The van der Waals surface area contributed by atoms with Crippen molar-refractivity contribution in [3.05, 3.63) is 22.3 Å². The quantitative estimate of drug-likeness (QED) is 0.550. The zero-order chi connectivity index (χ0) is 16.5. The van der Waals surface area contributed by atoms with Crippen molar-refractivity contribution < 1.29 is 4.79 Å². The second-order valence-electron chi connectivity index (χ2n) is 8.88. The number of hydrogen-bond acceptors (Lipinski definition) is 1. The van der Waals surface area contributed by atoms with Gasteiger partial charge in [0.1, 0.15) is 5.78 Å². The Bertz CT molecular complexity index is 468. The third-order valence-electron chi connectivity index (χ3n) is 6.12. The van der Waals surface area contributed by atoms with Crippen molar-refractivity contribution >= 4 is 5.78 Å². The fourth-order valence-electron chi connectivity index (χ4n) is 4.59. The maximum Gasteiger partial charge on any atom is 0.141 e. The van der Waals surface area contributed by atoms with Gasteiger partial charge < -0.3 is 0 Å². The highest BCUT2D eigenvalue weighted by Gasteiger charge is 2.32. The van der Waals surface area contributed by atoms with Crippen LogP contribution in [0.2, 0.25) is 0 Å². The van der Waals surface area contributed by atoms with Crippen molar-refractivity contribution in [3.63, 3.8) is 0 Å². The third-order valence-corrected chi connectivity index (χ3v) is 6.12. The van der Waals surface area contributed by atoms with Gasteiger partial charge in [-0.1, -0.05) is 50.0 Å². The number of Topliss-reactive ketones (excluding diaryl/α,β-unsaturated/α-hetero) is 1. The first kappa shape index (κ1) is 17.5. The standard InChI is InChI=1S/C21H34O/c1-15-9-7-11-20(3,4)18(15)13-17(22)14-19-16(2)10-8-12-21(19,5)6/h7-14H2,1-6H3. The van der Waals surface area contributed by atoms with E-state index in [4.69, 9.17) is 0 Å². The van der Waals surface area contributed by atoms with Crippen LogP contribution in [0.5, 0.6) is 0 Å². The number of allylic oxidation sites excluding steroid dienone is 4. The van der Waals surface area contributed by atoms with Crippen molar-refractivity contribution in [2.24, 2.45) is 10.8 Å².